The first kappa shape index (κ1) is 21.5. The number of aliphatic carboxylic acids is 1. The number of ether oxygens (including phenoxy) is 3. The Morgan fingerprint density at radius 1 is 1.00 bits per heavy atom. The molecule has 5 nitrogen and oxygen atoms in total. The van der Waals surface area contributed by atoms with Gasteiger partial charge in [-0.05, 0) is 48.7 Å². The molecule has 0 radical (unpaired) electrons. The van der Waals surface area contributed by atoms with Crippen LogP contribution in [0.15, 0.2) is 48.5 Å². The quantitative estimate of drug-likeness (QED) is 0.618. The van der Waals surface area contributed by atoms with Gasteiger partial charge in [-0.2, -0.15) is 13.2 Å². The highest BCUT2D eigenvalue weighted by atomic mass is 19.4. The van der Waals surface area contributed by atoms with Crippen LogP contribution in [0.1, 0.15) is 30.4 Å². The zero-order valence-electron chi connectivity index (χ0n) is 16.8. The summed E-state index contributed by atoms with van der Waals surface area (Å²) in [6, 6.07) is 12.2. The number of rotatable bonds is 9. The van der Waals surface area contributed by atoms with Gasteiger partial charge in [0.25, 0.3) is 0 Å². The van der Waals surface area contributed by atoms with E-state index >= 15 is 0 Å². The van der Waals surface area contributed by atoms with Crippen LogP contribution in [-0.4, -0.2) is 37.5 Å². The highest BCUT2D eigenvalue weighted by Gasteiger charge is 2.45. The van der Waals surface area contributed by atoms with Crippen LogP contribution in [0.2, 0.25) is 0 Å². The van der Waals surface area contributed by atoms with Gasteiger partial charge in [-0.1, -0.05) is 18.2 Å². The highest BCUT2D eigenvalue weighted by molar-refractivity contribution is 5.69. The van der Waals surface area contributed by atoms with Crippen molar-refractivity contribution in [2.24, 2.45) is 5.41 Å². The van der Waals surface area contributed by atoms with Crippen molar-refractivity contribution in [1.29, 1.82) is 0 Å². The topological polar surface area (TPSA) is 65.0 Å². The molecule has 2 aromatic rings. The summed E-state index contributed by atoms with van der Waals surface area (Å²) < 4.78 is 55.3. The Kier molecular flexibility index (Phi) is 5.60. The van der Waals surface area contributed by atoms with Crippen LogP contribution in [0.25, 0.3) is 0 Å². The summed E-state index contributed by atoms with van der Waals surface area (Å²) in [4.78, 5) is 11.2. The van der Waals surface area contributed by atoms with Crippen LogP contribution < -0.4 is 9.47 Å². The number of hydrogen-bond acceptors (Lipinski definition) is 4. The first-order valence-electron chi connectivity index (χ1n) is 10.0. The number of carboxylic acids is 1. The molecule has 1 saturated carbocycles. The number of carbonyl (C=O) groups is 1. The molecule has 1 saturated heterocycles. The zero-order valence-corrected chi connectivity index (χ0v) is 16.8. The summed E-state index contributed by atoms with van der Waals surface area (Å²) in [5.41, 5.74) is -0.522. The van der Waals surface area contributed by atoms with E-state index < -0.39 is 23.1 Å². The molecular weight excluding hydrogens is 413 g/mol. The molecule has 1 N–H and O–H groups in total. The van der Waals surface area contributed by atoms with E-state index in [-0.39, 0.29) is 24.2 Å². The first-order chi connectivity index (χ1) is 14.7. The summed E-state index contributed by atoms with van der Waals surface area (Å²) in [6.07, 6.45) is -2.63. The largest absolute Gasteiger partial charge is 0.493 e. The normalized spacial score (nSPS) is 18.7. The van der Waals surface area contributed by atoms with Crippen LogP contribution in [0, 0.1) is 5.41 Å². The van der Waals surface area contributed by atoms with Gasteiger partial charge in [-0.15, -0.1) is 0 Å². The zero-order chi connectivity index (χ0) is 22.1. The van der Waals surface area contributed by atoms with Crippen molar-refractivity contribution in [3.8, 4) is 11.5 Å². The van der Waals surface area contributed by atoms with Crippen LogP contribution in [-0.2, 0) is 21.1 Å². The molecule has 2 fully saturated rings. The lowest BCUT2D eigenvalue weighted by atomic mass is 9.76. The summed E-state index contributed by atoms with van der Waals surface area (Å²) in [5, 5.41) is 9.15. The fourth-order valence-electron chi connectivity index (χ4n) is 3.66. The molecule has 1 aliphatic heterocycles. The van der Waals surface area contributed by atoms with Crippen molar-refractivity contribution in [3.05, 3.63) is 59.7 Å². The van der Waals surface area contributed by atoms with Gasteiger partial charge in [0.2, 0.25) is 0 Å². The van der Waals surface area contributed by atoms with Crippen molar-refractivity contribution < 1.29 is 37.3 Å². The number of hydrogen-bond donors (Lipinski definition) is 1. The van der Waals surface area contributed by atoms with Crippen molar-refractivity contribution in [2.45, 2.75) is 30.9 Å². The van der Waals surface area contributed by atoms with E-state index in [0.29, 0.717) is 25.6 Å². The maximum atomic E-state index is 12.8. The highest BCUT2D eigenvalue weighted by Crippen LogP contribution is 2.46. The molecule has 0 spiro atoms. The summed E-state index contributed by atoms with van der Waals surface area (Å²) in [5.74, 6) is -0.0169. The maximum Gasteiger partial charge on any atom is 0.416 e. The number of carboxylic acid groups (broad SMARTS) is 1. The van der Waals surface area contributed by atoms with Gasteiger partial charge >= 0.3 is 12.1 Å². The molecule has 0 atom stereocenters. The van der Waals surface area contributed by atoms with Crippen molar-refractivity contribution >= 4 is 5.97 Å². The van der Waals surface area contributed by atoms with Gasteiger partial charge in [0.1, 0.15) is 11.5 Å². The number of halogens is 3. The molecule has 2 aromatic carbocycles. The summed E-state index contributed by atoms with van der Waals surface area (Å²) >= 11 is 0. The predicted octanol–water partition coefficient (Wildman–Crippen LogP) is 4.69. The van der Waals surface area contributed by atoms with E-state index in [9.17, 15) is 18.0 Å². The predicted molar refractivity (Wildman–Crippen MR) is 105 cm³/mol. The van der Waals surface area contributed by atoms with Crippen LogP contribution >= 0.6 is 0 Å². The SMILES string of the molecule is O=C(O)CC1(c2ccc(OCC3(COc4cccc(C(F)(F)F)c4)CC3)cc2)COC1. The Balaban J connectivity index is 1.32. The second-order valence-corrected chi connectivity index (χ2v) is 8.47. The lowest BCUT2D eigenvalue weighted by Gasteiger charge is -2.40. The summed E-state index contributed by atoms with van der Waals surface area (Å²) in [6.45, 7) is 1.45. The molecule has 0 bridgehead atoms. The average molecular weight is 436 g/mol. The molecule has 166 valence electrons. The maximum absolute atomic E-state index is 12.8. The number of benzene rings is 2. The first-order valence-corrected chi connectivity index (χ1v) is 10.0. The van der Waals surface area contributed by atoms with Crippen LogP contribution in [0.3, 0.4) is 0 Å². The summed E-state index contributed by atoms with van der Waals surface area (Å²) in [7, 11) is 0. The lowest BCUT2D eigenvalue weighted by Crippen LogP contribution is -2.48. The fourth-order valence-corrected chi connectivity index (χ4v) is 3.66. The Hall–Kier alpha value is -2.74. The number of alkyl halides is 3. The second-order valence-electron chi connectivity index (χ2n) is 8.47. The van der Waals surface area contributed by atoms with E-state index in [0.717, 1.165) is 30.5 Å². The van der Waals surface area contributed by atoms with E-state index in [1.165, 1.54) is 12.1 Å². The molecule has 4 rings (SSSR count). The fraction of sp³-hybridized carbons (Fsp3) is 0.435. The molecule has 2 aliphatic rings. The molecule has 1 aliphatic carbocycles. The van der Waals surface area contributed by atoms with E-state index in [1.54, 1.807) is 12.1 Å². The Bertz CT molecular complexity index is 931. The Labute approximate surface area is 177 Å². The van der Waals surface area contributed by atoms with Crippen molar-refractivity contribution in [3.63, 3.8) is 0 Å². The minimum absolute atomic E-state index is 0.0171. The third kappa shape index (κ3) is 4.95. The Morgan fingerprint density at radius 2 is 1.65 bits per heavy atom. The molecule has 1 heterocycles. The second kappa shape index (κ2) is 8.07. The minimum Gasteiger partial charge on any atom is -0.493 e. The minimum atomic E-state index is -4.40. The van der Waals surface area contributed by atoms with E-state index in [2.05, 4.69) is 0 Å². The molecule has 0 amide bonds. The third-order valence-electron chi connectivity index (χ3n) is 5.92. The third-order valence-corrected chi connectivity index (χ3v) is 5.92. The van der Waals surface area contributed by atoms with Crippen LogP contribution in [0.5, 0.6) is 11.5 Å². The van der Waals surface area contributed by atoms with E-state index in [1.807, 2.05) is 12.1 Å². The van der Waals surface area contributed by atoms with Gasteiger partial charge in [0.05, 0.1) is 43.8 Å². The molecular formula is C23H23F3O5. The molecule has 8 heteroatoms. The van der Waals surface area contributed by atoms with Gasteiger partial charge < -0.3 is 19.3 Å². The van der Waals surface area contributed by atoms with Gasteiger partial charge in [-0.3, -0.25) is 4.79 Å². The smallest absolute Gasteiger partial charge is 0.416 e. The Morgan fingerprint density at radius 3 is 2.16 bits per heavy atom. The van der Waals surface area contributed by atoms with Crippen molar-refractivity contribution in [2.75, 3.05) is 26.4 Å². The van der Waals surface area contributed by atoms with Gasteiger partial charge in [0.15, 0.2) is 0 Å². The molecule has 0 aromatic heterocycles. The lowest BCUT2D eigenvalue weighted by molar-refractivity contribution is -0.145. The molecule has 31 heavy (non-hydrogen) atoms. The van der Waals surface area contributed by atoms with Crippen molar-refractivity contribution in [1.82, 2.24) is 0 Å². The monoisotopic (exact) mass is 436 g/mol. The standard InChI is InChI=1S/C23H23F3O5/c24-23(25,26)17-2-1-3-19(10-17)31-13-21(8-9-21)12-30-18-6-4-16(5-7-18)22(11-20(27)28)14-29-15-22/h1-7,10H,8-9,11-15H2,(H,27,28). The van der Waals surface area contributed by atoms with Gasteiger partial charge in [-0.25, -0.2) is 0 Å². The van der Waals surface area contributed by atoms with Crippen LogP contribution in [0.4, 0.5) is 13.2 Å². The molecule has 0 unspecified atom stereocenters. The van der Waals surface area contributed by atoms with E-state index in [4.69, 9.17) is 19.3 Å². The average Bonchev–Trinajstić information content (AvgIpc) is 3.48. The van der Waals surface area contributed by atoms with Gasteiger partial charge in [0, 0.05) is 5.41 Å².